The van der Waals surface area contributed by atoms with Gasteiger partial charge in [-0.15, -0.1) is 0 Å². The highest BCUT2D eigenvalue weighted by Crippen LogP contribution is 2.28. The minimum atomic E-state index is -0.970. The van der Waals surface area contributed by atoms with Crippen LogP contribution in [-0.2, 0) is 0 Å². The molecule has 3 N–H and O–H groups in total. The Hall–Kier alpha value is -2.86. The number of carbonyl (C=O) groups is 1. The van der Waals surface area contributed by atoms with Gasteiger partial charge in [0.05, 0.1) is 6.33 Å². The van der Waals surface area contributed by atoms with Crippen molar-refractivity contribution in [1.82, 2.24) is 19.9 Å². The molecule has 6 heteroatoms. The van der Waals surface area contributed by atoms with Crippen LogP contribution in [0.15, 0.2) is 36.7 Å². The quantitative estimate of drug-likeness (QED) is 0.667. The Morgan fingerprint density at radius 3 is 2.62 bits per heavy atom. The Balaban J connectivity index is 0.00000196. The molecular weight excluding hydrogens is 328 g/mol. The molecule has 0 spiro atoms. The van der Waals surface area contributed by atoms with Gasteiger partial charge in [-0.25, -0.2) is 9.78 Å². The lowest BCUT2D eigenvalue weighted by Crippen LogP contribution is -2.29. The lowest BCUT2D eigenvalue weighted by molar-refractivity contribution is 0.0691. The van der Waals surface area contributed by atoms with Crippen molar-refractivity contribution in [3.63, 3.8) is 0 Å². The van der Waals surface area contributed by atoms with Crippen LogP contribution in [0.3, 0.4) is 0 Å². The highest BCUT2D eigenvalue weighted by molar-refractivity contribution is 6.01. The molecule has 1 aliphatic heterocycles. The highest BCUT2D eigenvalue weighted by atomic mass is 16.4. The molecule has 0 bridgehead atoms. The van der Waals surface area contributed by atoms with Crippen LogP contribution in [0.25, 0.3) is 23.3 Å². The van der Waals surface area contributed by atoms with Gasteiger partial charge in [0.1, 0.15) is 16.9 Å². The zero-order chi connectivity index (χ0) is 17.2. The summed E-state index contributed by atoms with van der Waals surface area (Å²) in [5.41, 5.74) is 3.33. The Morgan fingerprint density at radius 2 is 1.92 bits per heavy atom. The monoisotopic (exact) mass is 352 g/mol. The van der Waals surface area contributed by atoms with E-state index in [1.165, 1.54) is 0 Å². The number of carboxylic acids is 1. The first-order chi connectivity index (χ1) is 12.2. The molecule has 0 aliphatic carbocycles. The molecular formula is C20H24N4O2. The number of aromatic carboxylic acids is 1. The molecule has 1 aromatic carbocycles. The highest BCUT2D eigenvalue weighted by Gasteiger charge is 2.23. The lowest BCUT2D eigenvalue weighted by Gasteiger charge is -2.23. The Kier molecular flexibility index (Phi) is 5.23. The molecule has 1 fully saturated rings. The van der Waals surface area contributed by atoms with E-state index in [1.807, 2.05) is 48.8 Å². The standard InChI is InChI=1S/C19H20N4O2.CH4/c24-19(25)17-15(7-6-13-4-2-1-3-5-13)16-18(22-17)23(12-21-16)14-8-10-20-11-9-14;/h1-7,12,14,20,22H,8-11H2,(H,24,25);1H4/b7-6+;. The molecule has 1 saturated heterocycles. The van der Waals surface area contributed by atoms with Crippen molar-refractivity contribution < 1.29 is 9.90 Å². The first-order valence-corrected chi connectivity index (χ1v) is 8.49. The fraction of sp³-hybridized carbons (Fsp3) is 0.300. The Morgan fingerprint density at radius 1 is 1.19 bits per heavy atom. The molecule has 3 aromatic rings. The molecule has 3 heterocycles. The maximum absolute atomic E-state index is 11.7. The molecule has 0 radical (unpaired) electrons. The third kappa shape index (κ3) is 3.28. The normalized spacial score (nSPS) is 15.4. The fourth-order valence-corrected chi connectivity index (χ4v) is 3.42. The van der Waals surface area contributed by atoms with E-state index in [2.05, 4.69) is 19.9 Å². The predicted molar refractivity (Wildman–Crippen MR) is 104 cm³/mol. The number of fused-ring (bicyclic) bond motifs is 1. The first-order valence-electron chi connectivity index (χ1n) is 8.49. The van der Waals surface area contributed by atoms with Crippen molar-refractivity contribution in [2.75, 3.05) is 13.1 Å². The number of aromatic nitrogens is 3. The van der Waals surface area contributed by atoms with Crippen LogP contribution in [-0.4, -0.2) is 38.7 Å². The van der Waals surface area contributed by atoms with Gasteiger partial charge >= 0.3 is 5.97 Å². The van der Waals surface area contributed by atoms with Gasteiger partial charge in [0.25, 0.3) is 0 Å². The smallest absolute Gasteiger partial charge is 0.353 e. The number of imidazole rings is 1. The summed E-state index contributed by atoms with van der Waals surface area (Å²) in [6, 6.07) is 10.2. The molecule has 0 saturated carbocycles. The number of rotatable bonds is 4. The second-order valence-electron chi connectivity index (χ2n) is 6.29. The van der Waals surface area contributed by atoms with E-state index in [1.54, 1.807) is 0 Å². The van der Waals surface area contributed by atoms with Gasteiger partial charge in [-0.2, -0.15) is 0 Å². The van der Waals surface area contributed by atoms with Gasteiger partial charge in [0.2, 0.25) is 0 Å². The number of benzene rings is 1. The largest absolute Gasteiger partial charge is 0.477 e. The van der Waals surface area contributed by atoms with E-state index in [9.17, 15) is 9.90 Å². The molecule has 4 rings (SSSR count). The Labute approximate surface area is 152 Å². The zero-order valence-corrected chi connectivity index (χ0v) is 13.8. The molecule has 0 amide bonds. The summed E-state index contributed by atoms with van der Waals surface area (Å²) >= 11 is 0. The molecule has 1 aliphatic rings. The summed E-state index contributed by atoms with van der Waals surface area (Å²) in [5, 5.41) is 12.9. The van der Waals surface area contributed by atoms with E-state index >= 15 is 0 Å². The number of nitrogens with one attached hydrogen (secondary N) is 2. The number of nitrogens with zero attached hydrogens (tertiary/aromatic N) is 2. The van der Waals surface area contributed by atoms with E-state index in [0.717, 1.165) is 37.1 Å². The minimum Gasteiger partial charge on any atom is -0.477 e. The molecule has 2 aromatic heterocycles. The third-order valence-electron chi connectivity index (χ3n) is 4.72. The second kappa shape index (κ2) is 7.58. The first kappa shape index (κ1) is 17.9. The Bertz CT molecular complexity index is 918. The molecule has 136 valence electrons. The number of aromatic amines is 1. The summed E-state index contributed by atoms with van der Waals surface area (Å²) in [5.74, 6) is -0.970. The number of hydrogen-bond donors (Lipinski definition) is 3. The number of carboxylic acid groups (broad SMARTS) is 1. The van der Waals surface area contributed by atoms with Gasteiger partial charge in [0, 0.05) is 11.6 Å². The van der Waals surface area contributed by atoms with Gasteiger partial charge in [0.15, 0.2) is 0 Å². The van der Waals surface area contributed by atoms with Gasteiger partial charge in [-0.05, 0) is 37.6 Å². The van der Waals surface area contributed by atoms with Crippen LogP contribution in [0.5, 0.6) is 0 Å². The van der Waals surface area contributed by atoms with Crippen LogP contribution in [0, 0.1) is 0 Å². The average Bonchev–Trinajstić information content (AvgIpc) is 3.21. The van der Waals surface area contributed by atoms with Crippen LogP contribution >= 0.6 is 0 Å². The van der Waals surface area contributed by atoms with E-state index in [4.69, 9.17) is 0 Å². The fourth-order valence-electron chi connectivity index (χ4n) is 3.42. The van der Waals surface area contributed by atoms with E-state index in [0.29, 0.717) is 17.1 Å². The van der Waals surface area contributed by atoms with Crippen molar-refractivity contribution in [3.05, 3.63) is 53.5 Å². The number of hydrogen-bond acceptors (Lipinski definition) is 3. The third-order valence-corrected chi connectivity index (χ3v) is 4.72. The van der Waals surface area contributed by atoms with Crippen LogP contribution in [0.1, 0.15) is 47.9 Å². The van der Waals surface area contributed by atoms with Crippen molar-refractivity contribution in [2.45, 2.75) is 26.3 Å². The maximum Gasteiger partial charge on any atom is 0.353 e. The molecule has 0 atom stereocenters. The summed E-state index contributed by atoms with van der Waals surface area (Å²) < 4.78 is 2.09. The van der Waals surface area contributed by atoms with Crippen LogP contribution in [0.4, 0.5) is 0 Å². The summed E-state index contributed by atoms with van der Waals surface area (Å²) in [7, 11) is 0. The molecule has 26 heavy (non-hydrogen) atoms. The topological polar surface area (TPSA) is 82.9 Å². The summed E-state index contributed by atoms with van der Waals surface area (Å²) in [6.07, 6.45) is 7.60. The van der Waals surface area contributed by atoms with Crippen LogP contribution < -0.4 is 5.32 Å². The van der Waals surface area contributed by atoms with Gasteiger partial charge in [-0.3, -0.25) is 0 Å². The molecule has 0 unspecified atom stereocenters. The van der Waals surface area contributed by atoms with E-state index < -0.39 is 5.97 Å². The van der Waals surface area contributed by atoms with Crippen LogP contribution in [0.2, 0.25) is 0 Å². The van der Waals surface area contributed by atoms with Crippen molar-refractivity contribution in [3.8, 4) is 0 Å². The van der Waals surface area contributed by atoms with Crippen molar-refractivity contribution in [2.24, 2.45) is 0 Å². The van der Waals surface area contributed by atoms with Gasteiger partial charge in [-0.1, -0.05) is 43.8 Å². The minimum absolute atomic E-state index is 0. The SMILES string of the molecule is C.O=C(O)c1[nH]c2c(ncn2C2CCNCC2)c1/C=C/c1ccccc1. The number of H-pyrrole nitrogens is 1. The molecule has 6 nitrogen and oxygen atoms in total. The summed E-state index contributed by atoms with van der Waals surface area (Å²) in [6.45, 7) is 1.94. The van der Waals surface area contributed by atoms with E-state index in [-0.39, 0.29) is 13.1 Å². The number of piperidine rings is 1. The zero-order valence-electron chi connectivity index (χ0n) is 13.8. The second-order valence-corrected chi connectivity index (χ2v) is 6.29. The summed E-state index contributed by atoms with van der Waals surface area (Å²) in [4.78, 5) is 19.3. The predicted octanol–water partition coefficient (Wildman–Crippen LogP) is 3.79. The maximum atomic E-state index is 11.7. The lowest BCUT2D eigenvalue weighted by atomic mass is 10.1. The van der Waals surface area contributed by atoms with Crippen molar-refractivity contribution >= 4 is 29.3 Å². The average molecular weight is 352 g/mol. The van der Waals surface area contributed by atoms with Gasteiger partial charge < -0.3 is 20.0 Å². The van der Waals surface area contributed by atoms with Crippen molar-refractivity contribution in [1.29, 1.82) is 0 Å².